The number of carbonyl (C=O) groups excluding carboxylic acids is 2. The Morgan fingerprint density at radius 1 is 0.500 bits per heavy atom. The van der Waals surface area contributed by atoms with E-state index in [1.54, 1.807) is 18.2 Å². The molecule has 2 amide bonds. The minimum atomic E-state index is -0.113. The molecule has 2 N–H and O–H groups in total. The second kappa shape index (κ2) is 29.7. The van der Waals surface area contributed by atoms with Crippen molar-refractivity contribution in [2.45, 2.75) is 181 Å². The minimum Gasteiger partial charge on any atom is -0.493 e. The summed E-state index contributed by atoms with van der Waals surface area (Å²) in [5, 5.41) is 6.13. The van der Waals surface area contributed by atoms with Gasteiger partial charge < -0.3 is 15.4 Å². The van der Waals surface area contributed by atoms with Crippen LogP contribution in [0, 0.1) is 0 Å². The summed E-state index contributed by atoms with van der Waals surface area (Å²) in [5.41, 5.74) is 1.09. The van der Waals surface area contributed by atoms with Crippen LogP contribution < -0.4 is 15.4 Å². The van der Waals surface area contributed by atoms with Crippen LogP contribution in [0.4, 0.5) is 0 Å². The van der Waals surface area contributed by atoms with Crippen LogP contribution in [0.2, 0.25) is 0 Å². The first-order valence-electron chi connectivity index (χ1n) is 19.0. The van der Waals surface area contributed by atoms with Crippen molar-refractivity contribution < 1.29 is 14.3 Å². The molecule has 5 heteroatoms. The molecule has 0 spiro atoms. The Bertz CT molecular complexity index is 826. The predicted molar refractivity (Wildman–Crippen MR) is 189 cm³/mol. The van der Waals surface area contributed by atoms with Crippen LogP contribution in [0.1, 0.15) is 202 Å². The van der Waals surface area contributed by atoms with E-state index in [-0.39, 0.29) is 11.8 Å². The molecule has 1 aromatic carbocycles. The van der Waals surface area contributed by atoms with Crippen LogP contribution in [0.5, 0.6) is 5.75 Å². The van der Waals surface area contributed by atoms with Crippen LogP contribution in [-0.4, -0.2) is 31.5 Å². The number of ether oxygens (including phenoxy) is 1. The maximum atomic E-state index is 13.1. The van der Waals surface area contributed by atoms with E-state index in [0.717, 1.165) is 38.5 Å². The van der Waals surface area contributed by atoms with E-state index in [1.165, 1.54) is 122 Å². The van der Waals surface area contributed by atoms with Gasteiger partial charge in [0.1, 0.15) is 5.75 Å². The van der Waals surface area contributed by atoms with Gasteiger partial charge in [-0.05, 0) is 37.5 Å². The lowest BCUT2D eigenvalue weighted by Crippen LogP contribution is -2.26. The maximum Gasteiger partial charge on any atom is 0.255 e. The third kappa shape index (κ3) is 21.6. The molecule has 0 aliphatic rings. The fourth-order valence-electron chi connectivity index (χ4n) is 5.68. The maximum absolute atomic E-state index is 13.1. The highest BCUT2D eigenvalue weighted by Crippen LogP contribution is 2.22. The summed E-state index contributed by atoms with van der Waals surface area (Å²) < 4.78 is 6.16. The number of amides is 2. The van der Waals surface area contributed by atoms with Gasteiger partial charge in [0, 0.05) is 18.7 Å². The molecule has 44 heavy (non-hydrogen) atoms. The number of unbranched alkanes of at least 4 members (excludes halogenated alkanes) is 22. The van der Waals surface area contributed by atoms with Crippen molar-refractivity contribution in [2.24, 2.45) is 0 Å². The molecule has 1 rings (SSSR count). The molecule has 0 aliphatic heterocycles. The van der Waals surface area contributed by atoms with Crippen LogP contribution in [-0.2, 0) is 0 Å². The number of carbonyl (C=O) groups is 2. The van der Waals surface area contributed by atoms with Gasteiger partial charge in [0.15, 0.2) is 0 Å². The molecule has 0 unspecified atom stereocenters. The molecule has 0 aromatic heterocycles. The van der Waals surface area contributed by atoms with Crippen molar-refractivity contribution in [1.29, 1.82) is 0 Å². The van der Waals surface area contributed by atoms with Crippen molar-refractivity contribution in [3.8, 4) is 5.75 Å². The largest absolute Gasteiger partial charge is 0.493 e. The minimum absolute atomic E-state index is 0.0941. The molecular weight excluding hydrogens is 544 g/mol. The van der Waals surface area contributed by atoms with Gasteiger partial charge in [0.05, 0.1) is 12.2 Å². The molecule has 0 atom stereocenters. The lowest BCUT2D eigenvalue weighted by molar-refractivity contribution is 0.0937. The van der Waals surface area contributed by atoms with E-state index in [4.69, 9.17) is 4.74 Å². The smallest absolute Gasteiger partial charge is 0.255 e. The summed E-state index contributed by atoms with van der Waals surface area (Å²) >= 11 is 0. The first kappa shape index (κ1) is 40.0. The molecule has 254 valence electrons. The Morgan fingerprint density at radius 3 is 1.34 bits per heavy atom. The zero-order valence-corrected chi connectivity index (χ0v) is 29.3. The van der Waals surface area contributed by atoms with E-state index in [0.29, 0.717) is 36.6 Å². The lowest BCUT2D eigenvalue weighted by Gasteiger charge is -2.14. The molecule has 0 radical (unpaired) electrons. The van der Waals surface area contributed by atoms with Gasteiger partial charge >= 0.3 is 0 Å². The molecule has 0 bridgehead atoms. The second-order valence-corrected chi connectivity index (χ2v) is 12.8. The van der Waals surface area contributed by atoms with Gasteiger partial charge in [0.2, 0.25) is 0 Å². The SMILES string of the molecule is CCCCCCCCCCCCCCCOc1cc(C(=O)NCCCCCCCC)ccc1C(=O)NCCCCCCCC. The Kier molecular flexibility index (Phi) is 27.0. The van der Waals surface area contributed by atoms with Crippen molar-refractivity contribution in [2.75, 3.05) is 19.7 Å². The van der Waals surface area contributed by atoms with E-state index < -0.39 is 0 Å². The first-order chi connectivity index (χ1) is 21.6. The van der Waals surface area contributed by atoms with Crippen molar-refractivity contribution in [1.82, 2.24) is 10.6 Å². The summed E-state index contributed by atoms with van der Waals surface area (Å²) in [7, 11) is 0. The topological polar surface area (TPSA) is 67.4 Å². The Hall–Kier alpha value is -2.04. The Labute approximate surface area is 272 Å². The average Bonchev–Trinajstić information content (AvgIpc) is 3.03. The number of benzene rings is 1. The van der Waals surface area contributed by atoms with E-state index in [1.807, 2.05) is 0 Å². The van der Waals surface area contributed by atoms with Crippen LogP contribution >= 0.6 is 0 Å². The van der Waals surface area contributed by atoms with Crippen molar-refractivity contribution in [3.63, 3.8) is 0 Å². The molecule has 1 aromatic rings. The summed E-state index contributed by atoms with van der Waals surface area (Å²) in [4.78, 5) is 25.9. The lowest BCUT2D eigenvalue weighted by atomic mass is 10.0. The zero-order valence-electron chi connectivity index (χ0n) is 29.3. The molecule has 0 saturated carbocycles. The summed E-state index contributed by atoms with van der Waals surface area (Å²) in [5.74, 6) is 0.318. The van der Waals surface area contributed by atoms with E-state index in [9.17, 15) is 9.59 Å². The zero-order chi connectivity index (χ0) is 31.9. The van der Waals surface area contributed by atoms with Gasteiger partial charge in [-0.3, -0.25) is 9.59 Å². The van der Waals surface area contributed by atoms with Gasteiger partial charge in [-0.1, -0.05) is 162 Å². The average molecular weight is 615 g/mol. The molecule has 5 nitrogen and oxygen atoms in total. The Morgan fingerprint density at radius 2 is 0.886 bits per heavy atom. The van der Waals surface area contributed by atoms with Crippen molar-refractivity contribution in [3.05, 3.63) is 29.3 Å². The fourth-order valence-corrected chi connectivity index (χ4v) is 5.68. The normalized spacial score (nSPS) is 11.1. The van der Waals surface area contributed by atoms with E-state index in [2.05, 4.69) is 31.4 Å². The quantitative estimate of drug-likeness (QED) is 0.0818. The first-order valence-corrected chi connectivity index (χ1v) is 19.0. The third-order valence-corrected chi connectivity index (χ3v) is 8.63. The van der Waals surface area contributed by atoms with Crippen LogP contribution in [0.25, 0.3) is 0 Å². The van der Waals surface area contributed by atoms with E-state index >= 15 is 0 Å². The summed E-state index contributed by atoms with van der Waals surface area (Å²) in [6.07, 6.45) is 31.3. The van der Waals surface area contributed by atoms with Gasteiger partial charge in [-0.25, -0.2) is 0 Å². The number of hydrogen-bond acceptors (Lipinski definition) is 3. The van der Waals surface area contributed by atoms with Gasteiger partial charge in [-0.15, -0.1) is 0 Å². The summed E-state index contributed by atoms with van der Waals surface area (Å²) in [6.45, 7) is 8.64. The fraction of sp³-hybridized carbons (Fsp3) is 0.795. The summed E-state index contributed by atoms with van der Waals surface area (Å²) in [6, 6.07) is 5.28. The van der Waals surface area contributed by atoms with Crippen LogP contribution in [0.3, 0.4) is 0 Å². The highest BCUT2D eigenvalue weighted by atomic mass is 16.5. The number of rotatable bonds is 31. The van der Waals surface area contributed by atoms with Gasteiger partial charge in [-0.2, -0.15) is 0 Å². The molecule has 0 fully saturated rings. The second-order valence-electron chi connectivity index (χ2n) is 12.8. The molecule has 0 heterocycles. The van der Waals surface area contributed by atoms with Gasteiger partial charge in [0.25, 0.3) is 11.8 Å². The molecule has 0 saturated heterocycles. The number of nitrogens with one attached hydrogen (secondary N) is 2. The third-order valence-electron chi connectivity index (χ3n) is 8.63. The predicted octanol–water partition coefficient (Wildman–Crippen LogP) is 11.3. The number of hydrogen-bond donors (Lipinski definition) is 2. The van der Waals surface area contributed by atoms with Crippen molar-refractivity contribution >= 4 is 11.8 Å². The standard InChI is InChI=1S/C39H70N2O3/c1-4-7-10-13-16-17-18-19-20-21-22-25-28-33-44-37-34-35(38(42)40-31-26-23-14-11-8-5-2)29-30-36(37)39(43)41-32-27-24-15-12-9-6-3/h29-30,34H,4-28,31-33H2,1-3H3,(H,40,42)(H,41,43). The molecular formula is C39H70N2O3. The highest BCUT2D eigenvalue weighted by Gasteiger charge is 2.16. The van der Waals surface area contributed by atoms with Crippen LogP contribution in [0.15, 0.2) is 18.2 Å². The molecule has 0 aliphatic carbocycles. The highest BCUT2D eigenvalue weighted by molar-refractivity contribution is 6.00. The monoisotopic (exact) mass is 615 g/mol. The Balaban J connectivity index is 2.48.